The summed E-state index contributed by atoms with van der Waals surface area (Å²) in [5, 5.41) is 0. The van der Waals surface area contributed by atoms with Crippen LogP contribution in [0.2, 0.25) is 0 Å². The van der Waals surface area contributed by atoms with E-state index in [0.717, 1.165) is 6.08 Å². The maximum absolute atomic E-state index is 10.1. The molecule has 0 N–H and O–H groups in total. The van der Waals surface area contributed by atoms with Crippen LogP contribution < -0.4 is 0 Å². The van der Waals surface area contributed by atoms with Crippen LogP contribution in [0.4, 0.5) is 0 Å². The van der Waals surface area contributed by atoms with Gasteiger partial charge in [0, 0.05) is 17.0 Å². The van der Waals surface area contributed by atoms with E-state index in [9.17, 15) is 4.79 Å². The third kappa shape index (κ3) is 5.43. The minimum Gasteiger partial charge on any atom is -0.463 e. The van der Waals surface area contributed by atoms with E-state index in [2.05, 4.69) is 11.3 Å². The summed E-state index contributed by atoms with van der Waals surface area (Å²) in [6.07, 6.45) is 1.14. The molecule has 0 aromatic carbocycles. The lowest BCUT2D eigenvalue weighted by Gasteiger charge is -1.90. The molecule has 3 heteroatoms. The summed E-state index contributed by atoms with van der Waals surface area (Å²) in [6, 6.07) is 0. The van der Waals surface area contributed by atoms with Crippen molar-refractivity contribution in [3.63, 3.8) is 0 Å². The fourth-order valence-electron chi connectivity index (χ4n) is 0.201. The molecule has 0 saturated carbocycles. The van der Waals surface area contributed by atoms with Crippen molar-refractivity contribution in [3.05, 3.63) is 12.7 Å². The van der Waals surface area contributed by atoms with Gasteiger partial charge in [0.25, 0.3) is 0 Å². The Balaban J connectivity index is 0. The lowest BCUT2D eigenvalue weighted by Crippen LogP contribution is -1.97. The molecule has 4 radical (unpaired) electrons. The summed E-state index contributed by atoms with van der Waals surface area (Å²) in [6.45, 7) is 5.38. The second-order valence-electron chi connectivity index (χ2n) is 0.956. The Bertz CT molecular complexity index is 80.5. The van der Waals surface area contributed by atoms with E-state index in [1.165, 1.54) is 0 Å². The lowest BCUT2D eigenvalue weighted by molar-refractivity contribution is -0.137. The first-order valence-corrected chi connectivity index (χ1v) is 2.10. The summed E-state index contributed by atoms with van der Waals surface area (Å²) < 4.78 is 4.43. The summed E-state index contributed by atoms with van der Waals surface area (Å²) in [5.74, 6) is -0.359. The van der Waals surface area contributed by atoms with Gasteiger partial charge in [-0.05, 0) is 6.92 Å². The minimum atomic E-state index is -0.359. The highest BCUT2D eigenvalue weighted by Gasteiger charge is 1.86. The van der Waals surface area contributed by atoms with Gasteiger partial charge >= 0.3 is 5.97 Å². The number of carbonyl (C=O) groups is 1. The topological polar surface area (TPSA) is 26.3 Å². The van der Waals surface area contributed by atoms with Crippen molar-refractivity contribution in [1.29, 1.82) is 0 Å². The molecule has 0 fully saturated rings. The summed E-state index contributed by atoms with van der Waals surface area (Å²) in [4.78, 5) is 10.1. The molecular weight excluding hydrogens is 120 g/mol. The van der Waals surface area contributed by atoms with E-state index >= 15 is 0 Å². The van der Waals surface area contributed by atoms with Crippen LogP contribution in [0, 0.1) is 0 Å². The molecule has 0 aliphatic heterocycles. The van der Waals surface area contributed by atoms with Gasteiger partial charge in [-0.15, -0.1) is 0 Å². The quantitative estimate of drug-likeness (QED) is 0.305. The SMILES string of the molecule is C=CC(=O)OCC.[Si]. The number of rotatable bonds is 2. The standard InChI is InChI=1S/C5H8O2.Si/c1-3-5(6)7-4-2;/h3H,1,4H2,2H3;. The van der Waals surface area contributed by atoms with Crippen LogP contribution in [-0.4, -0.2) is 23.5 Å². The molecule has 0 heterocycles. The number of hydrogen-bond acceptors (Lipinski definition) is 2. The molecule has 0 bridgehead atoms. The van der Waals surface area contributed by atoms with Gasteiger partial charge in [-0.25, -0.2) is 4.79 Å². The first-order valence-electron chi connectivity index (χ1n) is 2.10. The molecule has 0 aliphatic carbocycles. The highest BCUT2D eigenvalue weighted by Crippen LogP contribution is 1.74. The van der Waals surface area contributed by atoms with E-state index in [1.807, 2.05) is 0 Å². The van der Waals surface area contributed by atoms with Gasteiger partial charge in [-0.1, -0.05) is 6.58 Å². The normalized spacial score (nSPS) is 6.62. The molecule has 0 spiro atoms. The maximum atomic E-state index is 10.1. The van der Waals surface area contributed by atoms with Crippen molar-refractivity contribution in [2.75, 3.05) is 6.61 Å². The van der Waals surface area contributed by atoms with E-state index < -0.39 is 0 Å². The molecule has 8 heavy (non-hydrogen) atoms. The molecular formula is C5H8O2Si. The fourth-order valence-corrected chi connectivity index (χ4v) is 0.201. The number of esters is 1. The van der Waals surface area contributed by atoms with E-state index in [4.69, 9.17) is 0 Å². The number of ether oxygens (including phenoxy) is 1. The van der Waals surface area contributed by atoms with E-state index in [-0.39, 0.29) is 16.9 Å². The van der Waals surface area contributed by atoms with Crippen molar-refractivity contribution in [2.24, 2.45) is 0 Å². The molecule has 0 amide bonds. The molecule has 0 aliphatic rings. The molecule has 2 nitrogen and oxygen atoms in total. The predicted molar refractivity (Wildman–Crippen MR) is 32.6 cm³/mol. The van der Waals surface area contributed by atoms with Crippen molar-refractivity contribution in [1.82, 2.24) is 0 Å². The van der Waals surface area contributed by atoms with Crippen LogP contribution in [-0.2, 0) is 9.53 Å². The summed E-state index contributed by atoms with van der Waals surface area (Å²) in [7, 11) is 0. The van der Waals surface area contributed by atoms with Gasteiger partial charge in [0.15, 0.2) is 0 Å². The molecule has 0 saturated heterocycles. The third-order valence-electron chi connectivity index (χ3n) is 0.453. The van der Waals surface area contributed by atoms with Crippen LogP contribution in [0.1, 0.15) is 6.92 Å². The van der Waals surface area contributed by atoms with Gasteiger partial charge in [-0.2, -0.15) is 0 Å². The first-order chi connectivity index (χ1) is 3.31. The van der Waals surface area contributed by atoms with E-state index in [0.29, 0.717) is 6.61 Å². The zero-order valence-electron chi connectivity index (χ0n) is 4.81. The summed E-state index contributed by atoms with van der Waals surface area (Å²) in [5.41, 5.74) is 0. The first kappa shape index (κ1) is 10.4. The summed E-state index contributed by atoms with van der Waals surface area (Å²) >= 11 is 0. The second kappa shape index (κ2) is 6.43. The minimum absolute atomic E-state index is 0. The Morgan fingerprint density at radius 1 is 1.88 bits per heavy atom. The molecule has 0 unspecified atom stereocenters. The average molecular weight is 128 g/mol. The monoisotopic (exact) mass is 128 g/mol. The van der Waals surface area contributed by atoms with Gasteiger partial charge in [-0.3, -0.25) is 0 Å². The largest absolute Gasteiger partial charge is 0.463 e. The zero-order valence-corrected chi connectivity index (χ0v) is 5.81. The zero-order chi connectivity index (χ0) is 5.70. The Hall–Kier alpha value is -0.573. The van der Waals surface area contributed by atoms with Gasteiger partial charge in [0.1, 0.15) is 0 Å². The number of carbonyl (C=O) groups excluding carboxylic acids is 1. The predicted octanol–water partition coefficient (Wildman–Crippen LogP) is 0.355. The van der Waals surface area contributed by atoms with Gasteiger partial charge < -0.3 is 4.74 Å². The van der Waals surface area contributed by atoms with Crippen molar-refractivity contribution >= 4 is 16.9 Å². The molecule has 0 atom stereocenters. The van der Waals surface area contributed by atoms with Crippen LogP contribution in [0.5, 0.6) is 0 Å². The lowest BCUT2D eigenvalue weighted by atomic mass is 10.6. The van der Waals surface area contributed by atoms with Crippen LogP contribution in [0.15, 0.2) is 12.7 Å². The fraction of sp³-hybridized carbons (Fsp3) is 0.400. The highest BCUT2D eigenvalue weighted by atomic mass is 28.1. The van der Waals surface area contributed by atoms with Crippen molar-refractivity contribution in [2.45, 2.75) is 6.92 Å². The van der Waals surface area contributed by atoms with Crippen LogP contribution >= 0.6 is 0 Å². The Kier molecular flexibility index (Phi) is 8.37. The van der Waals surface area contributed by atoms with Crippen molar-refractivity contribution < 1.29 is 9.53 Å². The smallest absolute Gasteiger partial charge is 0.330 e. The average Bonchev–Trinajstić information content (AvgIpc) is 1.68. The Morgan fingerprint density at radius 2 is 2.38 bits per heavy atom. The molecule has 0 aromatic rings. The highest BCUT2D eigenvalue weighted by molar-refractivity contribution is 5.81. The molecule has 0 aromatic heterocycles. The van der Waals surface area contributed by atoms with Crippen LogP contribution in [0.3, 0.4) is 0 Å². The third-order valence-corrected chi connectivity index (χ3v) is 0.453. The van der Waals surface area contributed by atoms with Crippen molar-refractivity contribution in [3.8, 4) is 0 Å². The Labute approximate surface area is 53.6 Å². The second-order valence-corrected chi connectivity index (χ2v) is 0.956. The van der Waals surface area contributed by atoms with Gasteiger partial charge in [0.05, 0.1) is 6.61 Å². The maximum Gasteiger partial charge on any atom is 0.330 e. The molecule has 0 rings (SSSR count). The van der Waals surface area contributed by atoms with E-state index in [1.54, 1.807) is 6.92 Å². The Morgan fingerprint density at radius 3 is 2.50 bits per heavy atom. The molecule has 44 valence electrons. The van der Waals surface area contributed by atoms with Crippen LogP contribution in [0.25, 0.3) is 0 Å². The number of hydrogen-bond donors (Lipinski definition) is 0. The van der Waals surface area contributed by atoms with Gasteiger partial charge in [0.2, 0.25) is 0 Å².